The molecule has 1 aromatic heterocycles. The van der Waals surface area contributed by atoms with Crippen LogP contribution in [-0.2, 0) is 16.1 Å². The van der Waals surface area contributed by atoms with Crippen LogP contribution in [0.15, 0.2) is 105 Å². The van der Waals surface area contributed by atoms with Gasteiger partial charge in [-0.05, 0) is 83.1 Å². The first-order valence-electron chi connectivity index (χ1n) is 14.2. The van der Waals surface area contributed by atoms with Crippen LogP contribution in [0.5, 0.6) is 5.75 Å². The Bertz CT molecular complexity index is 2220. The molecule has 0 unspecified atom stereocenters. The van der Waals surface area contributed by atoms with Crippen LogP contribution in [0.4, 0.5) is 4.39 Å². The molecule has 1 aliphatic rings. The minimum Gasteiger partial charge on any atom is -0.487 e. The van der Waals surface area contributed by atoms with Gasteiger partial charge in [0.15, 0.2) is 4.80 Å². The molecule has 0 aliphatic carbocycles. The lowest BCUT2D eigenvalue weighted by Gasteiger charge is -2.25. The lowest BCUT2D eigenvalue weighted by atomic mass is 9.93. The van der Waals surface area contributed by atoms with Crippen molar-refractivity contribution in [1.29, 1.82) is 0 Å². The van der Waals surface area contributed by atoms with Gasteiger partial charge in [0, 0.05) is 15.6 Å². The van der Waals surface area contributed by atoms with Crippen LogP contribution >= 0.6 is 73.1 Å². The van der Waals surface area contributed by atoms with E-state index >= 15 is 0 Å². The highest BCUT2D eigenvalue weighted by Gasteiger charge is 2.35. The van der Waals surface area contributed by atoms with E-state index < -0.39 is 17.8 Å². The first-order chi connectivity index (χ1) is 22.6. The van der Waals surface area contributed by atoms with Crippen molar-refractivity contribution in [2.75, 3.05) is 6.61 Å². The van der Waals surface area contributed by atoms with Crippen molar-refractivity contribution < 1.29 is 18.7 Å². The SMILES string of the molecule is CCOC(=O)C1=C(c2ccccc2)N=c2s/c(=C\c3cc(Br)cc(I)c3OCc3ccc(Cl)c(Cl)c3)c(=O)n2[C@@H]1c1ccc(F)cc1. The number of thiazole rings is 1. The fraction of sp³-hybridized carbons (Fsp3) is 0.114. The summed E-state index contributed by atoms with van der Waals surface area (Å²) in [5, 5.41) is 0.873. The molecular weight excluding hydrogens is 841 g/mol. The second kappa shape index (κ2) is 14.4. The van der Waals surface area contributed by atoms with E-state index in [1.54, 1.807) is 37.3 Å². The second-order valence-electron chi connectivity index (χ2n) is 10.3. The van der Waals surface area contributed by atoms with E-state index in [-0.39, 0.29) is 24.3 Å². The molecule has 0 spiro atoms. The molecule has 1 aliphatic heterocycles. The van der Waals surface area contributed by atoms with Crippen LogP contribution in [0.25, 0.3) is 11.8 Å². The summed E-state index contributed by atoms with van der Waals surface area (Å²) in [4.78, 5) is 33.2. The molecule has 12 heteroatoms. The lowest BCUT2D eigenvalue weighted by molar-refractivity contribution is -0.138. The molecule has 0 N–H and O–H groups in total. The van der Waals surface area contributed by atoms with E-state index in [9.17, 15) is 14.0 Å². The van der Waals surface area contributed by atoms with Crippen molar-refractivity contribution in [2.24, 2.45) is 4.99 Å². The van der Waals surface area contributed by atoms with Crippen molar-refractivity contribution >= 4 is 90.8 Å². The van der Waals surface area contributed by atoms with Crippen LogP contribution in [0, 0.1) is 9.39 Å². The van der Waals surface area contributed by atoms with E-state index in [0.29, 0.717) is 47.5 Å². The van der Waals surface area contributed by atoms with Crippen molar-refractivity contribution in [3.05, 3.63) is 156 Å². The molecular formula is C35H23BrCl2FIN2O4S. The van der Waals surface area contributed by atoms with Gasteiger partial charge < -0.3 is 9.47 Å². The fourth-order valence-electron chi connectivity index (χ4n) is 5.17. The molecule has 0 fully saturated rings. The van der Waals surface area contributed by atoms with Gasteiger partial charge in [-0.1, -0.05) is 99.0 Å². The summed E-state index contributed by atoms with van der Waals surface area (Å²) >= 11 is 19.2. The number of esters is 1. The monoisotopic (exact) mass is 862 g/mol. The van der Waals surface area contributed by atoms with Crippen molar-refractivity contribution in [1.82, 2.24) is 4.57 Å². The van der Waals surface area contributed by atoms with Crippen LogP contribution in [0.2, 0.25) is 10.0 Å². The third kappa shape index (κ3) is 7.12. The summed E-state index contributed by atoms with van der Waals surface area (Å²) in [6.07, 6.45) is 1.75. The predicted octanol–water partition coefficient (Wildman–Crippen LogP) is 8.33. The first kappa shape index (κ1) is 33.6. The van der Waals surface area contributed by atoms with Gasteiger partial charge in [0.05, 0.1) is 42.1 Å². The number of ether oxygens (including phenoxy) is 2. The van der Waals surface area contributed by atoms with Crippen LogP contribution in [0.1, 0.15) is 35.2 Å². The van der Waals surface area contributed by atoms with E-state index in [0.717, 1.165) is 13.6 Å². The first-order valence-corrected chi connectivity index (χ1v) is 17.7. The maximum Gasteiger partial charge on any atom is 0.338 e. The van der Waals surface area contributed by atoms with Gasteiger partial charge in [-0.3, -0.25) is 9.36 Å². The predicted molar refractivity (Wildman–Crippen MR) is 195 cm³/mol. The van der Waals surface area contributed by atoms with Gasteiger partial charge in [-0.15, -0.1) is 0 Å². The van der Waals surface area contributed by atoms with Crippen molar-refractivity contribution in [3.8, 4) is 5.75 Å². The highest BCUT2D eigenvalue weighted by molar-refractivity contribution is 14.1. The van der Waals surface area contributed by atoms with Gasteiger partial charge >= 0.3 is 5.97 Å². The molecule has 6 nitrogen and oxygen atoms in total. The van der Waals surface area contributed by atoms with E-state index in [1.165, 1.54) is 28.0 Å². The molecule has 0 saturated heterocycles. The Morgan fingerprint density at radius 3 is 2.51 bits per heavy atom. The maximum atomic E-state index is 14.3. The highest BCUT2D eigenvalue weighted by Crippen LogP contribution is 2.36. The quantitative estimate of drug-likeness (QED) is 0.116. The summed E-state index contributed by atoms with van der Waals surface area (Å²) in [7, 11) is 0. The van der Waals surface area contributed by atoms with Gasteiger partial charge in [-0.25, -0.2) is 14.2 Å². The maximum absolute atomic E-state index is 14.3. The largest absolute Gasteiger partial charge is 0.487 e. The summed E-state index contributed by atoms with van der Waals surface area (Å²) in [5.41, 5.74) is 2.89. The van der Waals surface area contributed by atoms with Crippen LogP contribution in [0.3, 0.4) is 0 Å². The minimum absolute atomic E-state index is 0.123. The molecule has 1 atom stereocenters. The number of carbonyl (C=O) groups is 1. The molecule has 0 bridgehead atoms. The molecule has 5 aromatic rings. The summed E-state index contributed by atoms with van der Waals surface area (Å²) in [5.74, 6) is -0.486. The molecule has 238 valence electrons. The number of aromatic nitrogens is 1. The third-order valence-electron chi connectivity index (χ3n) is 7.25. The highest BCUT2D eigenvalue weighted by atomic mass is 127. The average molecular weight is 864 g/mol. The third-order valence-corrected chi connectivity index (χ3v) is 10.2. The molecule has 6 rings (SSSR count). The number of halogens is 5. The standard InChI is InChI=1S/C35H23BrCl2FIN2O4S/c1-2-45-34(44)29-30(20-6-4-3-5-7-20)41-35-42(31(29)21-9-11-24(39)12-10-21)33(43)28(47-35)16-22-15-23(36)17-27(40)32(22)46-18-19-8-13-25(37)26(38)14-19/h3-17,31H,2,18H2,1H3/b28-16-/t31-/m1/s1. The Kier molecular flexibility index (Phi) is 10.3. The van der Waals surface area contributed by atoms with E-state index in [1.807, 2.05) is 48.5 Å². The van der Waals surface area contributed by atoms with Gasteiger partial charge in [-0.2, -0.15) is 0 Å². The van der Waals surface area contributed by atoms with E-state index in [2.05, 4.69) is 38.5 Å². The van der Waals surface area contributed by atoms with Gasteiger partial charge in [0.1, 0.15) is 18.2 Å². The number of fused-ring (bicyclic) bond motifs is 1. The second-order valence-corrected chi connectivity index (χ2v) is 14.2. The number of benzene rings is 4. The fourth-order valence-corrected chi connectivity index (χ4v) is 8.19. The van der Waals surface area contributed by atoms with Crippen molar-refractivity contribution in [3.63, 3.8) is 0 Å². The Balaban J connectivity index is 1.54. The molecule has 2 heterocycles. The Labute approximate surface area is 305 Å². The zero-order valence-corrected chi connectivity index (χ0v) is 30.5. The summed E-state index contributed by atoms with van der Waals surface area (Å²) in [6.45, 7) is 2.05. The van der Waals surface area contributed by atoms with Crippen LogP contribution < -0.4 is 19.6 Å². The zero-order chi connectivity index (χ0) is 33.2. The zero-order valence-electron chi connectivity index (χ0n) is 24.5. The number of carbonyl (C=O) groups excluding carboxylic acids is 1. The van der Waals surface area contributed by atoms with Gasteiger partial charge in [0.25, 0.3) is 5.56 Å². The average Bonchev–Trinajstić information content (AvgIpc) is 3.36. The number of nitrogens with zero attached hydrogens (tertiary/aromatic N) is 2. The number of hydrogen-bond acceptors (Lipinski definition) is 6. The lowest BCUT2D eigenvalue weighted by Crippen LogP contribution is -2.40. The number of rotatable bonds is 8. The smallest absolute Gasteiger partial charge is 0.338 e. The van der Waals surface area contributed by atoms with Crippen LogP contribution in [-0.4, -0.2) is 17.1 Å². The number of hydrogen-bond donors (Lipinski definition) is 0. The topological polar surface area (TPSA) is 69.9 Å². The molecule has 0 radical (unpaired) electrons. The molecule has 47 heavy (non-hydrogen) atoms. The molecule has 0 amide bonds. The normalized spacial score (nSPS) is 14.5. The minimum atomic E-state index is -0.920. The molecule has 0 saturated carbocycles. The van der Waals surface area contributed by atoms with E-state index in [4.69, 9.17) is 37.7 Å². The Morgan fingerprint density at radius 1 is 1.06 bits per heavy atom. The Hall–Kier alpha value is -3.29. The Morgan fingerprint density at radius 2 is 1.81 bits per heavy atom. The van der Waals surface area contributed by atoms with Gasteiger partial charge in [0.2, 0.25) is 0 Å². The van der Waals surface area contributed by atoms with Crippen molar-refractivity contribution in [2.45, 2.75) is 19.6 Å². The molecule has 4 aromatic carbocycles. The summed E-state index contributed by atoms with van der Waals surface area (Å²) < 4.78 is 29.3. The summed E-state index contributed by atoms with van der Waals surface area (Å²) in [6, 6.07) is 23.1.